The molecule has 0 nitrogen and oxygen atoms in total. The quantitative estimate of drug-likeness (QED) is 0.497. The van der Waals surface area contributed by atoms with Crippen molar-refractivity contribution in [2.45, 2.75) is 64.0 Å². The lowest BCUT2D eigenvalue weighted by molar-refractivity contribution is -0.137. The molecule has 0 bridgehead atoms. The van der Waals surface area contributed by atoms with Gasteiger partial charge in [-0.2, -0.15) is 13.2 Å². The first-order valence-electron chi connectivity index (χ1n) is 10.4. The molecule has 0 saturated heterocycles. The van der Waals surface area contributed by atoms with Gasteiger partial charge in [0, 0.05) is 0 Å². The number of fused-ring (bicyclic) bond motifs is 3. The van der Waals surface area contributed by atoms with Gasteiger partial charge in [-0.05, 0) is 96.7 Å². The SMILES string of the molecule is CCC=C[C@H]1CCc2c(ccc3c2CC[C@H](c2ccc(C(F)(F)F)cc2)C3)C1. The standard InChI is InChI=1S/C25H27F3/c1-2-3-4-17-5-13-23-20(15-17)6-7-21-16-19(10-14-24(21)23)18-8-11-22(12-9-18)25(26,27)28/h3-4,6-9,11-12,17,19H,2,5,10,13-16H2,1H3/t17-,19-/m0/s1. The highest BCUT2D eigenvalue weighted by atomic mass is 19.4. The van der Waals surface area contributed by atoms with Gasteiger partial charge in [-0.1, -0.05) is 43.3 Å². The van der Waals surface area contributed by atoms with E-state index in [9.17, 15) is 13.2 Å². The van der Waals surface area contributed by atoms with Gasteiger partial charge in [-0.15, -0.1) is 0 Å². The molecule has 0 amide bonds. The molecule has 2 aromatic rings. The van der Waals surface area contributed by atoms with Crippen LogP contribution in [0.1, 0.15) is 65.5 Å². The molecule has 0 fully saturated rings. The van der Waals surface area contributed by atoms with Crippen LogP contribution in [0.25, 0.3) is 0 Å². The third kappa shape index (κ3) is 3.90. The molecule has 0 aromatic heterocycles. The molecular formula is C25H27F3. The Bertz CT molecular complexity index is 859. The highest BCUT2D eigenvalue weighted by Gasteiger charge is 2.31. The first-order chi connectivity index (χ1) is 13.5. The molecule has 0 spiro atoms. The Morgan fingerprint density at radius 1 is 0.893 bits per heavy atom. The van der Waals surface area contributed by atoms with Crippen LogP contribution in [0.15, 0.2) is 48.6 Å². The second-order valence-corrected chi connectivity index (χ2v) is 8.24. The highest BCUT2D eigenvalue weighted by molar-refractivity contribution is 5.46. The second kappa shape index (κ2) is 7.77. The molecule has 0 N–H and O–H groups in total. The average Bonchev–Trinajstić information content (AvgIpc) is 2.71. The Morgan fingerprint density at radius 3 is 2.18 bits per heavy atom. The number of rotatable bonds is 3. The van der Waals surface area contributed by atoms with Gasteiger partial charge < -0.3 is 0 Å². The van der Waals surface area contributed by atoms with E-state index in [0.717, 1.165) is 44.1 Å². The van der Waals surface area contributed by atoms with Gasteiger partial charge in [0.25, 0.3) is 0 Å². The van der Waals surface area contributed by atoms with Crippen LogP contribution in [0.4, 0.5) is 13.2 Å². The fraction of sp³-hybridized carbons (Fsp3) is 0.440. The van der Waals surface area contributed by atoms with E-state index in [2.05, 4.69) is 31.2 Å². The molecular weight excluding hydrogens is 357 g/mol. The molecule has 0 saturated carbocycles. The molecule has 0 heterocycles. The van der Waals surface area contributed by atoms with Crippen LogP contribution < -0.4 is 0 Å². The van der Waals surface area contributed by atoms with E-state index in [1.54, 1.807) is 17.7 Å². The van der Waals surface area contributed by atoms with Gasteiger partial charge in [-0.3, -0.25) is 0 Å². The number of alkyl halides is 3. The molecule has 2 aromatic carbocycles. The molecule has 0 radical (unpaired) electrons. The summed E-state index contributed by atoms with van der Waals surface area (Å²) in [5.41, 5.74) is 6.46. The Labute approximate surface area is 165 Å². The zero-order chi connectivity index (χ0) is 19.7. The summed E-state index contributed by atoms with van der Waals surface area (Å²) in [7, 11) is 0. The number of benzene rings is 2. The van der Waals surface area contributed by atoms with Gasteiger partial charge in [0.05, 0.1) is 5.56 Å². The zero-order valence-electron chi connectivity index (χ0n) is 16.4. The van der Waals surface area contributed by atoms with Gasteiger partial charge >= 0.3 is 6.18 Å². The summed E-state index contributed by atoms with van der Waals surface area (Å²) >= 11 is 0. The molecule has 2 aliphatic carbocycles. The van der Waals surface area contributed by atoms with Gasteiger partial charge in [0.15, 0.2) is 0 Å². The lowest BCUT2D eigenvalue weighted by atomic mass is 9.74. The second-order valence-electron chi connectivity index (χ2n) is 8.24. The largest absolute Gasteiger partial charge is 0.416 e. The lowest BCUT2D eigenvalue weighted by Crippen LogP contribution is -2.20. The van der Waals surface area contributed by atoms with Crippen molar-refractivity contribution in [3.63, 3.8) is 0 Å². The predicted molar refractivity (Wildman–Crippen MR) is 108 cm³/mol. The third-order valence-corrected chi connectivity index (χ3v) is 6.43. The lowest BCUT2D eigenvalue weighted by Gasteiger charge is -2.31. The molecule has 0 unspecified atom stereocenters. The molecule has 28 heavy (non-hydrogen) atoms. The highest BCUT2D eigenvalue weighted by Crippen LogP contribution is 2.39. The smallest absolute Gasteiger partial charge is 0.166 e. The van der Waals surface area contributed by atoms with Crippen LogP contribution in [0.5, 0.6) is 0 Å². The number of hydrogen-bond acceptors (Lipinski definition) is 0. The molecule has 0 aliphatic heterocycles. The number of allylic oxidation sites excluding steroid dienone is 2. The van der Waals surface area contributed by atoms with Crippen LogP contribution in [-0.4, -0.2) is 0 Å². The minimum Gasteiger partial charge on any atom is -0.166 e. The summed E-state index contributed by atoms with van der Waals surface area (Å²) in [6.07, 6.45) is 8.01. The Kier molecular flexibility index (Phi) is 5.35. The fourth-order valence-corrected chi connectivity index (χ4v) is 4.92. The van der Waals surface area contributed by atoms with Crippen LogP contribution in [0, 0.1) is 5.92 Å². The summed E-state index contributed by atoms with van der Waals surface area (Å²) in [4.78, 5) is 0. The van der Waals surface area contributed by atoms with Gasteiger partial charge in [0.2, 0.25) is 0 Å². The van der Waals surface area contributed by atoms with E-state index in [1.165, 1.54) is 35.2 Å². The van der Waals surface area contributed by atoms with Gasteiger partial charge in [-0.25, -0.2) is 0 Å². The minimum absolute atomic E-state index is 0.316. The minimum atomic E-state index is -4.26. The summed E-state index contributed by atoms with van der Waals surface area (Å²) in [6, 6.07) is 10.4. The summed E-state index contributed by atoms with van der Waals surface area (Å²) in [5, 5.41) is 0. The molecule has 3 heteroatoms. The zero-order valence-corrected chi connectivity index (χ0v) is 16.4. The molecule has 2 aliphatic rings. The van der Waals surface area contributed by atoms with E-state index >= 15 is 0 Å². The van der Waals surface area contributed by atoms with E-state index in [4.69, 9.17) is 0 Å². The Morgan fingerprint density at radius 2 is 1.54 bits per heavy atom. The summed E-state index contributed by atoms with van der Waals surface area (Å²) < 4.78 is 38.4. The van der Waals surface area contributed by atoms with Gasteiger partial charge in [0.1, 0.15) is 0 Å². The summed E-state index contributed by atoms with van der Waals surface area (Å²) in [6.45, 7) is 2.18. The van der Waals surface area contributed by atoms with Crippen LogP contribution in [0.2, 0.25) is 0 Å². The topological polar surface area (TPSA) is 0 Å². The Hall–Kier alpha value is -2.03. The first kappa shape index (κ1) is 19.3. The van der Waals surface area contributed by atoms with Crippen molar-refractivity contribution in [1.82, 2.24) is 0 Å². The Balaban J connectivity index is 1.52. The maximum Gasteiger partial charge on any atom is 0.416 e. The van der Waals surface area contributed by atoms with E-state index in [1.807, 2.05) is 0 Å². The number of halogens is 3. The predicted octanol–water partition coefficient (Wildman–Crippen LogP) is 7.05. The van der Waals surface area contributed by atoms with Crippen molar-refractivity contribution in [1.29, 1.82) is 0 Å². The van der Waals surface area contributed by atoms with Crippen LogP contribution in [-0.2, 0) is 31.9 Å². The van der Waals surface area contributed by atoms with Crippen molar-refractivity contribution in [2.24, 2.45) is 5.92 Å². The average molecular weight is 384 g/mol. The number of hydrogen-bond donors (Lipinski definition) is 0. The maximum atomic E-state index is 12.8. The van der Waals surface area contributed by atoms with Crippen LogP contribution >= 0.6 is 0 Å². The van der Waals surface area contributed by atoms with E-state index in [0.29, 0.717) is 11.8 Å². The molecule has 4 rings (SSSR count). The van der Waals surface area contributed by atoms with Crippen LogP contribution in [0.3, 0.4) is 0 Å². The monoisotopic (exact) mass is 384 g/mol. The summed E-state index contributed by atoms with van der Waals surface area (Å²) in [5.74, 6) is 0.977. The third-order valence-electron chi connectivity index (χ3n) is 6.43. The van der Waals surface area contributed by atoms with Crippen molar-refractivity contribution in [2.75, 3.05) is 0 Å². The van der Waals surface area contributed by atoms with E-state index < -0.39 is 11.7 Å². The van der Waals surface area contributed by atoms with Crippen molar-refractivity contribution >= 4 is 0 Å². The van der Waals surface area contributed by atoms with Crippen molar-refractivity contribution in [3.8, 4) is 0 Å². The molecule has 148 valence electrons. The normalized spacial score (nSPS) is 22.1. The molecule has 2 atom stereocenters. The maximum absolute atomic E-state index is 12.8. The fourth-order valence-electron chi connectivity index (χ4n) is 4.92. The first-order valence-corrected chi connectivity index (χ1v) is 10.4. The van der Waals surface area contributed by atoms with Crippen molar-refractivity contribution in [3.05, 3.63) is 81.9 Å². The van der Waals surface area contributed by atoms with E-state index in [-0.39, 0.29) is 0 Å². The van der Waals surface area contributed by atoms with Crippen molar-refractivity contribution < 1.29 is 13.2 Å².